The molecule has 1 nitrogen and oxygen atoms in total. The van der Waals surface area contributed by atoms with Gasteiger partial charge in [0.15, 0.2) is 0 Å². The lowest BCUT2D eigenvalue weighted by Gasteiger charge is -1.78. The highest BCUT2D eigenvalue weighted by Crippen LogP contribution is 1.87. The van der Waals surface area contributed by atoms with Crippen molar-refractivity contribution in [3.8, 4) is 0 Å². The van der Waals surface area contributed by atoms with E-state index in [1.54, 1.807) is 6.08 Å². The molecule has 0 atom stereocenters. The van der Waals surface area contributed by atoms with E-state index < -0.39 is 0 Å². The van der Waals surface area contributed by atoms with Gasteiger partial charge in [-0.2, -0.15) is 0 Å². The van der Waals surface area contributed by atoms with Crippen molar-refractivity contribution in [1.82, 2.24) is 0 Å². The highest BCUT2D eigenvalue weighted by molar-refractivity contribution is 5.15. The van der Waals surface area contributed by atoms with Crippen molar-refractivity contribution < 1.29 is 5.11 Å². The van der Waals surface area contributed by atoms with Crippen LogP contribution in [0.4, 0.5) is 0 Å². The van der Waals surface area contributed by atoms with Gasteiger partial charge < -0.3 is 5.11 Å². The number of hydrogen-bond acceptors (Lipinski definition) is 1. The minimum Gasteiger partial charge on any atom is -0.516 e. The van der Waals surface area contributed by atoms with Crippen LogP contribution in [0.5, 0.6) is 0 Å². The summed E-state index contributed by atoms with van der Waals surface area (Å²) < 4.78 is 0. The molecule has 0 aliphatic carbocycles. The van der Waals surface area contributed by atoms with Crippen molar-refractivity contribution >= 4 is 0 Å². The maximum atomic E-state index is 8.12. The van der Waals surface area contributed by atoms with Gasteiger partial charge in [0.2, 0.25) is 0 Å². The van der Waals surface area contributed by atoms with E-state index in [1.807, 2.05) is 13.0 Å². The van der Waals surface area contributed by atoms with Crippen molar-refractivity contribution in [1.29, 1.82) is 0 Å². The average Bonchev–Trinajstić information content (AvgIpc) is 1.66. The smallest absolute Gasteiger partial charge is 0.0791 e. The Morgan fingerprint density at radius 3 is 2.50 bits per heavy atom. The number of hydrogen-bond donors (Lipinski definition) is 1. The van der Waals surface area contributed by atoms with E-state index in [0.717, 1.165) is 11.8 Å². The molecular weight excluding hydrogens is 100 g/mol. The topological polar surface area (TPSA) is 20.2 Å². The quantitative estimate of drug-likeness (QED) is 0.426. The third kappa shape index (κ3) is 5.02. The van der Waals surface area contributed by atoms with Crippen molar-refractivity contribution in [2.75, 3.05) is 0 Å². The molecule has 0 fully saturated rings. The molecule has 0 aliphatic rings. The predicted octanol–water partition coefficient (Wildman–Crippen LogP) is 2.19. The van der Waals surface area contributed by atoms with Gasteiger partial charge in [-0.1, -0.05) is 24.3 Å². The third-order valence-corrected chi connectivity index (χ3v) is 0.578. The van der Waals surface area contributed by atoms with Crippen LogP contribution in [-0.4, -0.2) is 5.11 Å². The van der Waals surface area contributed by atoms with Crippen molar-refractivity contribution in [3.63, 3.8) is 0 Å². The molecule has 0 aromatic heterocycles. The largest absolute Gasteiger partial charge is 0.516 e. The molecule has 0 heterocycles. The molecule has 0 spiro atoms. The zero-order valence-corrected chi connectivity index (χ0v) is 4.96. The van der Waals surface area contributed by atoms with E-state index in [-0.39, 0.29) is 0 Å². The Morgan fingerprint density at radius 2 is 2.12 bits per heavy atom. The lowest BCUT2D eigenvalue weighted by atomic mass is 10.3. The molecule has 0 bridgehead atoms. The number of aliphatic hydroxyl groups excluding tert-OH is 1. The summed E-state index contributed by atoms with van der Waals surface area (Å²) in [6.45, 7) is 5.52. The zero-order chi connectivity index (χ0) is 6.41. The summed E-state index contributed by atoms with van der Waals surface area (Å²) in [7, 11) is 0. The second-order valence-corrected chi connectivity index (χ2v) is 1.55. The standard InChI is InChI=1S/C7H10O/c1-7(2)5-3-4-6-8/h3-6,8H,1H2,2H3/b5-3+,6-4+. The van der Waals surface area contributed by atoms with E-state index >= 15 is 0 Å². The Hall–Kier alpha value is -0.980. The molecule has 44 valence electrons. The van der Waals surface area contributed by atoms with Crippen molar-refractivity contribution in [2.24, 2.45) is 0 Å². The maximum Gasteiger partial charge on any atom is 0.0791 e. The lowest BCUT2D eigenvalue weighted by Crippen LogP contribution is -1.57. The zero-order valence-electron chi connectivity index (χ0n) is 4.96. The third-order valence-electron chi connectivity index (χ3n) is 0.578. The summed E-state index contributed by atoms with van der Waals surface area (Å²) in [5.74, 6) is 0. The molecule has 0 unspecified atom stereocenters. The van der Waals surface area contributed by atoms with Gasteiger partial charge in [-0.05, 0) is 13.0 Å². The normalized spacial score (nSPS) is 11.1. The molecule has 8 heavy (non-hydrogen) atoms. The second-order valence-electron chi connectivity index (χ2n) is 1.55. The summed E-state index contributed by atoms with van der Waals surface area (Å²) in [6.07, 6.45) is 6.06. The molecule has 0 amide bonds. The first-order chi connectivity index (χ1) is 3.77. The van der Waals surface area contributed by atoms with Crippen LogP contribution in [0.15, 0.2) is 36.6 Å². The van der Waals surface area contributed by atoms with Crippen molar-refractivity contribution in [2.45, 2.75) is 6.92 Å². The molecule has 1 heteroatoms. The lowest BCUT2D eigenvalue weighted by molar-refractivity contribution is 0.474. The van der Waals surface area contributed by atoms with E-state index in [1.165, 1.54) is 6.08 Å². The van der Waals surface area contributed by atoms with Crippen LogP contribution >= 0.6 is 0 Å². The first-order valence-corrected chi connectivity index (χ1v) is 2.40. The Labute approximate surface area is 49.7 Å². The van der Waals surface area contributed by atoms with Gasteiger partial charge in [0, 0.05) is 0 Å². The SMILES string of the molecule is C=C(C)/C=C/C=C/O. The first-order valence-electron chi connectivity index (χ1n) is 2.40. The summed E-state index contributed by atoms with van der Waals surface area (Å²) in [4.78, 5) is 0. The van der Waals surface area contributed by atoms with Crippen LogP contribution in [0.2, 0.25) is 0 Å². The van der Waals surface area contributed by atoms with E-state index in [2.05, 4.69) is 6.58 Å². The summed E-state index contributed by atoms with van der Waals surface area (Å²) >= 11 is 0. The van der Waals surface area contributed by atoms with E-state index in [0.29, 0.717) is 0 Å². The molecule has 0 saturated heterocycles. The van der Waals surface area contributed by atoms with Gasteiger partial charge in [-0.25, -0.2) is 0 Å². The van der Waals surface area contributed by atoms with Crippen LogP contribution < -0.4 is 0 Å². The molecule has 0 aromatic rings. The van der Waals surface area contributed by atoms with Gasteiger partial charge in [-0.15, -0.1) is 0 Å². The number of rotatable bonds is 2. The fraction of sp³-hybridized carbons (Fsp3) is 0.143. The molecule has 1 N–H and O–H groups in total. The maximum absolute atomic E-state index is 8.12. The molecule has 0 saturated carbocycles. The highest BCUT2D eigenvalue weighted by Gasteiger charge is 1.67. The van der Waals surface area contributed by atoms with E-state index in [9.17, 15) is 0 Å². The molecule has 0 aliphatic heterocycles. The Balaban J connectivity index is 3.50. The van der Waals surface area contributed by atoms with E-state index in [4.69, 9.17) is 5.11 Å². The van der Waals surface area contributed by atoms with Crippen LogP contribution in [0.1, 0.15) is 6.92 Å². The van der Waals surface area contributed by atoms with Crippen LogP contribution in [-0.2, 0) is 0 Å². The first kappa shape index (κ1) is 7.02. The summed E-state index contributed by atoms with van der Waals surface area (Å²) in [5.41, 5.74) is 0.975. The van der Waals surface area contributed by atoms with Crippen molar-refractivity contribution in [3.05, 3.63) is 36.6 Å². The van der Waals surface area contributed by atoms with Gasteiger partial charge in [0.25, 0.3) is 0 Å². The number of aliphatic hydroxyl groups is 1. The molecule has 0 radical (unpaired) electrons. The molecule has 0 aromatic carbocycles. The Bertz CT molecular complexity index is 120. The minimum absolute atomic E-state index is 0.975. The predicted molar refractivity (Wildman–Crippen MR) is 35.7 cm³/mol. The van der Waals surface area contributed by atoms with Gasteiger partial charge in [-0.3, -0.25) is 0 Å². The second kappa shape index (κ2) is 4.19. The molecule has 0 rings (SSSR count). The molecular formula is C7H10O. The highest BCUT2D eigenvalue weighted by atomic mass is 16.2. The van der Waals surface area contributed by atoms with Crippen LogP contribution in [0.3, 0.4) is 0 Å². The van der Waals surface area contributed by atoms with Gasteiger partial charge >= 0.3 is 0 Å². The Kier molecular flexibility index (Phi) is 3.67. The average molecular weight is 110 g/mol. The van der Waals surface area contributed by atoms with Gasteiger partial charge in [0.1, 0.15) is 0 Å². The summed E-state index contributed by atoms with van der Waals surface area (Å²) in [6, 6.07) is 0. The fourth-order valence-corrected chi connectivity index (χ4v) is 0.270. The van der Waals surface area contributed by atoms with Crippen LogP contribution in [0, 0.1) is 0 Å². The van der Waals surface area contributed by atoms with Gasteiger partial charge in [0.05, 0.1) is 6.26 Å². The Morgan fingerprint density at radius 1 is 1.50 bits per heavy atom. The number of allylic oxidation sites excluding steroid dienone is 4. The monoisotopic (exact) mass is 110 g/mol. The summed E-state index contributed by atoms with van der Waals surface area (Å²) in [5, 5.41) is 8.12. The fourth-order valence-electron chi connectivity index (χ4n) is 0.270. The minimum atomic E-state index is 0.975. The van der Waals surface area contributed by atoms with Crippen LogP contribution in [0.25, 0.3) is 0 Å².